The second-order valence-corrected chi connectivity index (χ2v) is 11.6. The minimum atomic E-state index is -1.02. The van der Waals surface area contributed by atoms with Crippen molar-refractivity contribution in [1.82, 2.24) is 0 Å². The number of ether oxygens (including phenoxy) is 1. The Morgan fingerprint density at radius 1 is 1.16 bits per heavy atom. The maximum absolute atomic E-state index is 13.3. The molecule has 2 N–H and O–H groups in total. The minimum absolute atomic E-state index is 0.0432. The van der Waals surface area contributed by atoms with E-state index in [9.17, 15) is 24.6 Å². The summed E-state index contributed by atoms with van der Waals surface area (Å²) >= 11 is 0. The number of rotatable bonds is 5. The largest absolute Gasteiger partial charge is 0.481 e. The lowest BCUT2D eigenvalue weighted by molar-refractivity contribution is -0.173. The quantitative estimate of drug-likeness (QED) is 0.611. The number of carbonyl (C=O) groups excluding carboxylic acids is 2. The van der Waals surface area contributed by atoms with Gasteiger partial charge in [-0.05, 0) is 93.5 Å². The van der Waals surface area contributed by atoms with Crippen LogP contribution in [0, 0.1) is 34.5 Å². The third kappa shape index (κ3) is 3.53. The highest BCUT2D eigenvalue weighted by Crippen LogP contribution is 2.69. The average molecular weight is 447 g/mol. The standard InChI is InChI=1S/C26H38O6/c1-15(2)32-23(30)18-14-16-13-17(27)5-9-24(16,3)19-6-10-25(4)20(22(18)19)7-11-26(25,31)12-8-21(28)29/h13,15,18-20,22,31H,5-12,14H2,1-4H3,(H,28,29)/t18-,19?,20?,22?,24+,25+,26-/m1/s1. The number of allylic oxidation sites excluding steroid dienone is 1. The van der Waals surface area contributed by atoms with Gasteiger partial charge < -0.3 is 14.9 Å². The normalized spacial score (nSPS) is 43.2. The molecule has 4 aliphatic rings. The Balaban J connectivity index is 1.73. The van der Waals surface area contributed by atoms with Crippen molar-refractivity contribution in [2.45, 2.75) is 97.2 Å². The average Bonchev–Trinajstić information content (AvgIpc) is 2.97. The minimum Gasteiger partial charge on any atom is -0.481 e. The fourth-order valence-electron chi connectivity index (χ4n) is 7.96. The smallest absolute Gasteiger partial charge is 0.309 e. The van der Waals surface area contributed by atoms with Crippen molar-refractivity contribution in [3.8, 4) is 0 Å². The predicted molar refractivity (Wildman–Crippen MR) is 119 cm³/mol. The summed E-state index contributed by atoms with van der Waals surface area (Å²) in [5.74, 6) is -0.767. The number of hydrogen-bond donors (Lipinski definition) is 2. The molecule has 3 unspecified atom stereocenters. The van der Waals surface area contributed by atoms with Crippen LogP contribution in [0.2, 0.25) is 0 Å². The Morgan fingerprint density at radius 2 is 1.84 bits per heavy atom. The van der Waals surface area contributed by atoms with Gasteiger partial charge in [-0.1, -0.05) is 19.4 Å². The van der Waals surface area contributed by atoms with Crippen LogP contribution in [0.25, 0.3) is 0 Å². The Bertz CT molecular complexity index is 845. The molecule has 32 heavy (non-hydrogen) atoms. The number of carbonyl (C=O) groups is 3. The SMILES string of the molecule is CC(C)OC(=O)[C@@H]1CC2=CC(=O)CC[C@]2(C)C2CC[C@@]3(C)C(CC[C@@]3(O)CCC(=O)O)C21. The number of carboxylic acids is 1. The first-order valence-electron chi connectivity index (χ1n) is 12.3. The van der Waals surface area contributed by atoms with E-state index in [2.05, 4.69) is 13.8 Å². The van der Waals surface area contributed by atoms with E-state index in [1.54, 1.807) is 6.08 Å². The molecule has 178 valence electrons. The van der Waals surface area contributed by atoms with Gasteiger partial charge in [0.15, 0.2) is 5.78 Å². The van der Waals surface area contributed by atoms with Gasteiger partial charge >= 0.3 is 11.9 Å². The zero-order valence-electron chi connectivity index (χ0n) is 19.9. The lowest BCUT2D eigenvalue weighted by Gasteiger charge is -2.60. The summed E-state index contributed by atoms with van der Waals surface area (Å²) < 4.78 is 5.70. The fraction of sp³-hybridized carbons (Fsp3) is 0.808. The maximum Gasteiger partial charge on any atom is 0.309 e. The van der Waals surface area contributed by atoms with Gasteiger partial charge in [0.05, 0.1) is 17.6 Å². The Morgan fingerprint density at radius 3 is 2.50 bits per heavy atom. The van der Waals surface area contributed by atoms with Crippen LogP contribution in [0.1, 0.15) is 85.5 Å². The number of aliphatic hydroxyl groups is 1. The summed E-state index contributed by atoms with van der Waals surface area (Å²) in [6.45, 7) is 8.10. The predicted octanol–water partition coefficient (Wildman–Crippen LogP) is 4.29. The molecule has 7 atom stereocenters. The van der Waals surface area contributed by atoms with Crippen molar-refractivity contribution in [3.63, 3.8) is 0 Å². The molecule has 0 aliphatic heterocycles. The van der Waals surface area contributed by atoms with E-state index < -0.39 is 17.0 Å². The van der Waals surface area contributed by atoms with Gasteiger partial charge in [0.2, 0.25) is 0 Å². The van der Waals surface area contributed by atoms with Crippen LogP contribution < -0.4 is 0 Å². The molecule has 4 aliphatic carbocycles. The Hall–Kier alpha value is -1.69. The summed E-state index contributed by atoms with van der Waals surface area (Å²) in [6.07, 6.45) is 6.79. The molecule has 0 bridgehead atoms. The second-order valence-electron chi connectivity index (χ2n) is 11.6. The molecule has 0 aromatic rings. The van der Waals surface area contributed by atoms with Crippen molar-refractivity contribution >= 4 is 17.7 Å². The summed E-state index contributed by atoms with van der Waals surface area (Å²) in [6, 6.07) is 0. The van der Waals surface area contributed by atoms with Crippen molar-refractivity contribution in [1.29, 1.82) is 0 Å². The van der Waals surface area contributed by atoms with E-state index >= 15 is 0 Å². The van der Waals surface area contributed by atoms with E-state index in [1.165, 1.54) is 0 Å². The zero-order chi connectivity index (χ0) is 23.5. The highest BCUT2D eigenvalue weighted by atomic mass is 16.5. The van der Waals surface area contributed by atoms with E-state index in [0.29, 0.717) is 19.3 Å². The molecule has 0 aromatic heterocycles. The summed E-state index contributed by atoms with van der Waals surface area (Å²) in [7, 11) is 0. The van der Waals surface area contributed by atoms with Gasteiger partial charge in [-0.2, -0.15) is 0 Å². The number of ketones is 1. The van der Waals surface area contributed by atoms with Crippen LogP contribution >= 0.6 is 0 Å². The third-order valence-corrected chi connectivity index (χ3v) is 9.74. The Kier molecular flexibility index (Phi) is 5.84. The summed E-state index contributed by atoms with van der Waals surface area (Å²) in [4.78, 5) is 36.8. The topological polar surface area (TPSA) is 101 Å². The van der Waals surface area contributed by atoms with E-state index in [0.717, 1.165) is 31.3 Å². The molecule has 0 saturated heterocycles. The van der Waals surface area contributed by atoms with Crippen molar-refractivity contribution in [3.05, 3.63) is 11.6 Å². The summed E-state index contributed by atoms with van der Waals surface area (Å²) in [5.41, 5.74) is -0.436. The first-order valence-corrected chi connectivity index (χ1v) is 12.3. The van der Waals surface area contributed by atoms with E-state index in [1.807, 2.05) is 13.8 Å². The highest BCUT2D eigenvalue weighted by molar-refractivity contribution is 5.92. The first kappa shape index (κ1) is 23.5. The highest BCUT2D eigenvalue weighted by Gasteiger charge is 2.66. The molecular weight excluding hydrogens is 408 g/mol. The van der Waals surface area contributed by atoms with Gasteiger partial charge in [0.1, 0.15) is 0 Å². The van der Waals surface area contributed by atoms with Crippen molar-refractivity contribution < 1.29 is 29.3 Å². The van der Waals surface area contributed by atoms with Crippen LogP contribution in [0.15, 0.2) is 11.6 Å². The van der Waals surface area contributed by atoms with Gasteiger partial charge in [0, 0.05) is 12.8 Å². The molecule has 0 spiro atoms. The van der Waals surface area contributed by atoms with Gasteiger partial charge in [0.25, 0.3) is 0 Å². The molecule has 3 fully saturated rings. The molecule has 0 aromatic carbocycles. The van der Waals surface area contributed by atoms with E-state index in [4.69, 9.17) is 4.74 Å². The zero-order valence-corrected chi connectivity index (χ0v) is 19.9. The number of fused-ring (bicyclic) bond motifs is 5. The lowest BCUT2D eigenvalue weighted by Crippen LogP contribution is -2.58. The number of carboxylic acid groups (broad SMARTS) is 1. The van der Waals surface area contributed by atoms with Crippen LogP contribution in [-0.2, 0) is 19.1 Å². The van der Waals surface area contributed by atoms with Crippen LogP contribution in [0.4, 0.5) is 0 Å². The van der Waals surface area contributed by atoms with Gasteiger partial charge in [-0.15, -0.1) is 0 Å². The Labute approximate surface area is 190 Å². The lowest BCUT2D eigenvalue weighted by atomic mass is 9.44. The molecule has 6 nitrogen and oxygen atoms in total. The first-order chi connectivity index (χ1) is 14.9. The number of hydrogen-bond acceptors (Lipinski definition) is 5. The number of aliphatic carboxylic acids is 1. The third-order valence-electron chi connectivity index (χ3n) is 9.74. The molecule has 0 amide bonds. The number of esters is 1. The van der Waals surface area contributed by atoms with Crippen LogP contribution in [0.3, 0.4) is 0 Å². The summed E-state index contributed by atoms with van der Waals surface area (Å²) in [5, 5.41) is 20.9. The maximum atomic E-state index is 13.3. The second kappa shape index (κ2) is 7.96. The van der Waals surface area contributed by atoms with E-state index in [-0.39, 0.29) is 59.8 Å². The molecule has 6 heteroatoms. The fourth-order valence-corrected chi connectivity index (χ4v) is 7.96. The monoisotopic (exact) mass is 446 g/mol. The van der Waals surface area contributed by atoms with Crippen LogP contribution in [0.5, 0.6) is 0 Å². The van der Waals surface area contributed by atoms with Crippen molar-refractivity contribution in [2.75, 3.05) is 0 Å². The van der Waals surface area contributed by atoms with Crippen LogP contribution in [-0.4, -0.2) is 39.6 Å². The van der Waals surface area contributed by atoms with Crippen molar-refractivity contribution in [2.24, 2.45) is 34.5 Å². The molecule has 3 saturated carbocycles. The molecule has 0 heterocycles. The molecular formula is C26H38O6. The van der Waals surface area contributed by atoms with Gasteiger partial charge in [-0.3, -0.25) is 14.4 Å². The van der Waals surface area contributed by atoms with Gasteiger partial charge in [-0.25, -0.2) is 0 Å². The molecule has 4 rings (SSSR count). The molecule has 0 radical (unpaired) electrons.